The molecule has 0 unspecified atom stereocenters. The van der Waals surface area contributed by atoms with Crippen LogP contribution < -0.4 is 0 Å². The number of thiophene rings is 1. The van der Waals surface area contributed by atoms with Gasteiger partial charge in [0, 0.05) is 30.1 Å². The van der Waals surface area contributed by atoms with Gasteiger partial charge in [-0.3, -0.25) is 4.79 Å². The van der Waals surface area contributed by atoms with Crippen molar-refractivity contribution in [3.8, 4) is 0 Å². The highest BCUT2D eigenvalue weighted by Gasteiger charge is 2.48. The Balaban J connectivity index is 1.31. The van der Waals surface area contributed by atoms with Crippen LogP contribution in [0.5, 0.6) is 0 Å². The zero-order valence-electron chi connectivity index (χ0n) is 15.1. The summed E-state index contributed by atoms with van der Waals surface area (Å²) in [5, 5.41) is 2.00. The van der Waals surface area contributed by atoms with Gasteiger partial charge in [0.2, 0.25) is 5.91 Å². The van der Waals surface area contributed by atoms with E-state index in [4.69, 9.17) is 4.74 Å². The SMILES string of the molecule is O=C(C=Cc1cccs1)N1CCC(N2CC3(CCCCC3)OC2=O)CC1. The Bertz CT molecular complexity index is 671. The zero-order chi connectivity index (χ0) is 18.0. The summed E-state index contributed by atoms with van der Waals surface area (Å²) in [6, 6.07) is 4.18. The average molecular weight is 375 g/mol. The summed E-state index contributed by atoms with van der Waals surface area (Å²) >= 11 is 1.62. The van der Waals surface area contributed by atoms with Crippen molar-refractivity contribution in [2.24, 2.45) is 0 Å². The maximum Gasteiger partial charge on any atom is 0.410 e. The molecular weight excluding hydrogens is 348 g/mol. The molecule has 140 valence electrons. The smallest absolute Gasteiger partial charge is 0.410 e. The first-order valence-electron chi connectivity index (χ1n) is 9.65. The van der Waals surface area contributed by atoms with Gasteiger partial charge in [-0.1, -0.05) is 12.5 Å². The minimum Gasteiger partial charge on any atom is -0.441 e. The van der Waals surface area contributed by atoms with E-state index < -0.39 is 0 Å². The fourth-order valence-electron chi connectivity index (χ4n) is 4.43. The second-order valence-corrected chi connectivity index (χ2v) is 8.62. The van der Waals surface area contributed by atoms with Crippen molar-refractivity contribution < 1.29 is 14.3 Å². The third-order valence-corrected chi connectivity index (χ3v) is 6.75. The van der Waals surface area contributed by atoms with Gasteiger partial charge >= 0.3 is 6.09 Å². The molecule has 0 atom stereocenters. The lowest BCUT2D eigenvalue weighted by Gasteiger charge is -2.36. The summed E-state index contributed by atoms with van der Waals surface area (Å²) in [4.78, 5) is 29.7. The fourth-order valence-corrected chi connectivity index (χ4v) is 5.05. The van der Waals surface area contributed by atoms with E-state index in [0.717, 1.165) is 49.9 Å². The highest BCUT2D eigenvalue weighted by atomic mass is 32.1. The Morgan fingerprint density at radius 1 is 1.23 bits per heavy atom. The van der Waals surface area contributed by atoms with E-state index in [0.29, 0.717) is 13.1 Å². The van der Waals surface area contributed by atoms with Gasteiger partial charge in [-0.05, 0) is 56.0 Å². The van der Waals surface area contributed by atoms with Crippen LogP contribution in [-0.2, 0) is 9.53 Å². The molecule has 3 fully saturated rings. The van der Waals surface area contributed by atoms with Gasteiger partial charge in [0.15, 0.2) is 0 Å². The largest absolute Gasteiger partial charge is 0.441 e. The maximum atomic E-state index is 12.4. The molecule has 6 heteroatoms. The summed E-state index contributed by atoms with van der Waals surface area (Å²) in [5.74, 6) is 0.0598. The van der Waals surface area contributed by atoms with Crippen LogP contribution in [0.1, 0.15) is 49.8 Å². The second kappa shape index (κ2) is 7.43. The van der Waals surface area contributed by atoms with E-state index in [9.17, 15) is 9.59 Å². The molecule has 3 heterocycles. The minimum atomic E-state index is -0.230. The summed E-state index contributed by atoms with van der Waals surface area (Å²) in [7, 11) is 0. The highest BCUT2D eigenvalue weighted by molar-refractivity contribution is 7.10. The van der Waals surface area contributed by atoms with Crippen LogP contribution in [0.15, 0.2) is 23.6 Å². The van der Waals surface area contributed by atoms with Gasteiger partial charge in [0.1, 0.15) is 5.60 Å². The number of carbonyl (C=O) groups excluding carboxylic acids is 2. The third kappa shape index (κ3) is 3.65. The van der Waals surface area contributed by atoms with E-state index in [1.54, 1.807) is 17.4 Å². The van der Waals surface area contributed by atoms with Gasteiger partial charge in [0.25, 0.3) is 0 Å². The number of rotatable bonds is 3. The first-order valence-corrected chi connectivity index (χ1v) is 10.5. The van der Waals surface area contributed by atoms with Gasteiger partial charge in [0.05, 0.1) is 6.54 Å². The van der Waals surface area contributed by atoms with E-state index >= 15 is 0 Å². The summed E-state index contributed by atoms with van der Waals surface area (Å²) < 4.78 is 5.81. The molecule has 2 amide bonds. The molecule has 2 saturated heterocycles. The molecule has 1 spiro atoms. The Kier molecular flexibility index (Phi) is 5.02. The van der Waals surface area contributed by atoms with Crippen molar-refractivity contribution in [3.05, 3.63) is 28.5 Å². The Labute approximate surface area is 158 Å². The lowest BCUT2D eigenvalue weighted by molar-refractivity contribution is -0.127. The number of hydrogen-bond acceptors (Lipinski definition) is 4. The van der Waals surface area contributed by atoms with Crippen LogP contribution in [0.4, 0.5) is 4.79 Å². The number of nitrogens with zero attached hydrogens (tertiary/aromatic N) is 2. The van der Waals surface area contributed by atoms with Crippen molar-refractivity contribution in [2.45, 2.75) is 56.6 Å². The van der Waals surface area contributed by atoms with E-state index in [1.807, 2.05) is 33.4 Å². The zero-order valence-corrected chi connectivity index (χ0v) is 15.9. The van der Waals surface area contributed by atoms with Gasteiger partial charge in [-0.25, -0.2) is 4.79 Å². The van der Waals surface area contributed by atoms with Crippen LogP contribution in [0, 0.1) is 0 Å². The molecule has 26 heavy (non-hydrogen) atoms. The molecule has 0 radical (unpaired) electrons. The van der Waals surface area contributed by atoms with Crippen molar-refractivity contribution in [1.29, 1.82) is 0 Å². The molecule has 0 N–H and O–H groups in total. The van der Waals surface area contributed by atoms with Crippen LogP contribution in [-0.4, -0.2) is 53.1 Å². The molecule has 4 rings (SSSR count). The number of ether oxygens (including phenoxy) is 1. The third-order valence-electron chi connectivity index (χ3n) is 5.91. The lowest BCUT2D eigenvalue weighted by atomic mass is 9.84. The predicted molar refractivity (Wildman–Crippen MR) is 102 cm³/mol. The number of likely N-dealkylation sites (tertiary alicyclic amines) is 1. The van der Waals surface area contributed by atoms with Crippen LogP contribution in [0.3, 0.4) is 0 Å². The first-order chi connectivity index (χ1) is 12.7. The van der Waals surface area contributed by atoms with Gasteiger partial charge in [-0.15, -0.1) is 11.3 Å². The second-order valence-electron chi connectivity index (χ2n) is 7.64. The summed E-state index contributed by atoms with van der Waals surface area (Å²) in [6.07, 6.45) is 10.6. The first kappa shape index (κ1) is 17.6. The van der Waals surface area contributed by atoms with Gasteiger partial charge in [-0.2, -0.15) is 0 Å². The fraction of sp³-hybridized carbons (Fsp3) is 0.600. The molecule has 1 saturated carbocycles. The topological polar surface area (TPSA) is 49.9 Å². The van der Waals surface area contributed by atoms with Gasteiger partial charge < -0.3 is 14.5 Å². The van der Waals surface area contributed by atoms with Crippen LogP contribution in [0.2, 0.25) is 0 Å². The normalized spacial score (nSPS) is 23.8. The van der Waals surface area contributed by atoms with Crippen LogP contribution >= 0.6 is 11.3 Å². The standard InChI is InChI=1S/C20H26N2O3S/c23-18(7-6-17-5-4-14-26-17)21-12-8-16(9-13-21)22-15-20(25-19(22)24)10-2-1-3-11-20/h4-7,14,16H,1-3,8-13,15H2. The summed E-state index contributed by atoms with van der Waals surface area (Å²) in [6.45, 7) is 2.15. The van der Waals surface area contributed by atoms with Crippen molar-refractivity contribution in [1.82, 2.24) is 9.80 Å². The Hall–Kier alpha value is -1.82. The molecule has 2 aliphatic heterocycles. The highest BCUT2D eigenvalue weighted by Crippen LogP contribution is 2.38. The molecule has 1 aliphatic carbocycles. The molecule has 5 nitrogen and oxygen atoms in total. The van der Waals surface area contributed by atoms with Crippen molar-refractivity contribution in [3.63, 3.8) is 0 Å². The number of piperidine rings is 1. The molecular formula is C20H26N2O3S. The summed E-state index contributed by atoms with van der Waals surface area (Å²) in [5.41, 5.74) is -0.230. The number of amides is 2. The molecule has 1 aromatic heterocycles. The average Bonchev–Trinajstić information content (AvgIpc) is 3.29. The molecule has 1 aromatic rings. The number of hydrogen-bond donors (Lipinski definition) is 0. The van der Waals surface area contributed by atoms with E-state index in [-0.39, 0.29) is 23.6 Å². The maximum absolute atomic E-state index is 12.4. The predicted octanol–water partition coefficient (Wildman–Crippen LogP) is 3.91. The quantitative estimate of drug-likeness (QED) is 0.754. The molecule has 0 aromatic carbocycles. The van der Waals surface area contributed by atoms with Crippen molar-refractivity contribution >= 4 is 29.4 Å². The number of carbonyl (C=O) groups is 2. The Morgan fingerprint density at radius 3 is 2.69 bits per heavy atom. The van der Waals surface area contributed by atoms with E-state index in [2.05, 4.69) is 0 Å². The monoisotopic (exact) mass is 374 g/mol. The minimum absolute atomic E-state index is 0.0598. The van der Waals surface area contributed by atoms with Crippen LogP contribution in [0.25, 0.3) is 6.08 Å². The Morgan fingerprint density at radius 2 is 2.00 bits per heavy atom. The molecule has 3 aliphatic rings. The molecule has 0 bridgehead atoms. The van der Waals surface area contributed by atoms with E-state index in [1.165, 1.54) is 6.42 Å². The lowest BCUT2D eigenvalue weighted by Crippen LogP contribution is -2.47. The van der Waals surface area contributed by atoms with Crippen molar-refractivity contribution in [2.75, 3.05) is 19.6 Å².